The smallest absolute Gasteiger partial charge is 0.227 e. The zero-order chi connectivity index (χ0) is 19.7. The van der Waals surface area contributed by atoms with Gasteiger partial charge in [-0.1, -0.05) is 17.7 Å². The first-order valence-electron chi connectivity index (χ1n) is 9.64. The summed E-state index contributed by atoms with van der Waals surface area (Å²) in [6, 6.07) is 7.59. The molecule has 7 heteroatoms. The number of nitrogens with zero attached hydrogens (tertiary/aromatic N) is 5. The van der Waals surface area contributed by atoms with Crippen LogP contribution in [0.4, 0.5) is 5.82 Å². The molecule has 0 bridgehead atoms. The average Bonchev–Trinajstić information content (AvgIpc) is 3.16. The number of amides is 1. The van der Waals surface area contributed by atoms with Crippen LogP contribution < -0.4 is 4.90 Å². The molecule has 2 unspecified atom stereocenters. The molecule has 0 radical (unpaired) electrons. The third kappa shape index (κ3) is 3.71. The molecule has 4 heterocycles. The van der Waals surface area contributed by atoms with E-state index in [0.717, 1.165) is 44.1 Å². The van der Waals surface area contributed by atoms with Crippen molar-refractivity contribution >= 4 is 23.3 Å². The Balaban J connectivity index is 1.51. The first-order valence-corrected chi connectivity index (χ1v) is 10.0. The van der Waals surface area contributed by atoms with Gasteiger partial charge in [0.05, 0.1) is 11.4 Å². The fourth-order valence-electron chi connectivity index (χ4n) is 4.78. The second-order valence-corrected chi connectivity index (χ2v) is 8.71. The number of fused-ring (bicyclic) bond motifs is 1. The predicted molar refractivity (Wildman–Crippen MR) is 110 cm³/mol. The molecule has 0 aliphatic carbocycles. The van der Waals surface area contributed by atoms with Crippen LogP contribution in [0.2, 0.25) is 5.02 Å². The van der Waals surface area contributed by atoms with E-state index < -0.39 is 0 Å². The number of hydrogen-bond donors (Lipinski definition) is 0. The molecule has 0 aromatic carbocycles. The van der Waals surface area contributed by atoms with E-state index in [-0.39, 0.29) is 11.3 Å². The van der Waals surface area contributed by atoms with Gasteiger partial charge < -0.3 is 14.7 Å². The number of rotatable bonds is 5. The summed E-state index contributed by atoms with van der Waals surface area (Å²) in [7, 11) is 4.20. The first-order chi connectivity index (χ1) is 13.5. The van der Waals surface area contributed by atoms with Crippen molar-refractivity contribution < 1.29 is 4.79 Å². The topological polar surface area (TPSA) is 52.6 Å². The van der Waals surface area contributed by atoms with Crippen LogP contribution in [0.25, 0.3) is 0 Å². The Morgan fingerprint density at radius 3 is 2.79 bits per heavy atom. The van der Waals surface area contributed by atoms with Crippen molar-refractivity contribution in [2.45, 2.75) is 6.42 Å². The van der Waals surface area contributed by atoms with E-state index in [0.29, 0.717) is 17.4 Å². The lowest BCUT2D eigenvalue weighted by Crippen LogP contribution is -2.43. The fourth-order valence-corrected chi connectivity index (χ4v) is 5.03. The molecule has 4 rings (SSSR count). The number of aromatic nitrogens is 2. The van der Waals surface area contributed by atoms with Gasteiger partial charge in [0.2, 0.25) is 5.91 Å². The zero-order valence-corrected chi connectivity index (χ0v) is 17.1. The lowest BCUT2D eigenvalue weighted by molar-refractivity contribution is -0.130. The molecule has 2 saturated heterocycles. The lowest BCUT2D eigenvalue weighted by Gasteiger charge is -2.32. The maximum absolute atomic E-state index is 12.9. The molecule has 0 saturated carbocycles. The van der Waals surface area contributed by atoms with Crippen LogP contribution in [0, 0.1) is 11.3 Å². The molecular weight excluding hydrogens is 374 g/mol. The lowest BCUT2D eigenvalue weighted by atomic mass is 9.80. The number of likely N-dealkylation sites (tertiary alicyclic amines) is 1. The third-order valence-electron chi connectivity index (χ3n) is 5.86. The first kappa shape index (κ1) is 19.2. The minimum Gasteiger partial charge on any atom is -0.354 e. The molecule has 0 spiro atoms. The second kappa shape index (κ2) is 7.68. The van der Waals surface area contributed by atoms with Gasteiger partial charge in [-0.2, -0.15) is 0 Å². The summed E-state index contributed by atoms with van der Waals surface area (Å²) in [5.74, 6) is 1.44. The number of carbonyl (C=O) groups excluding carboxylic acids is 1. The Labute approximate surface area is 171 Å². The molecule has 2 aromatic heterocycles. The van der Waals surface area contributed by atoms with Crippen molar-refractivity contribution in [1.82, 2.24) is 19.8 Å². The van der Waals surface area contributed by atoms with Gasteiger partial charge in [-0.05, 0) is 37.9 Å². The number of anilines is 1. The van der Waals surface area contributed by atoms with E-state index in [9.17, 15) is 4.79 Å². The van der Waals surface area contributed by atoms with Crippen molar-refractivity contribution in [1.29, 1.82) is 0 Å². The average molecular weight is 400 g/mol. The summed E-state index contributed by atoms with van der Waals surface area (Å²) in [5, 5.41) is 0.687. The molecule has 148 valence electrons. The summed E-state index contributed by atoms with van der Waals surface area (Å²) < 4.78 is 0. The molecule has 2 fully saturated rings. The van der Waals surface area contributed by atoms with Crippen LogP contribution in [0.3, 0.4) is 0 Å². The largest absolute Gasteiger partial charge is 0.354 e. The SMILES string of the molecule is CN(C)CC12CN(C(=O)Cc3cccnc3)CC1CN(c1ncccc1Cl)C2. The van der Waals surface area contributed by atoms with Crippen molar-refractivity contribution in [3.05, 3.63) is 53.4 Å². The van der Waals surface area contributed by atoms with E-state index in [1.165, 1.54) is 0 Å². The molecule has 2 aromatic rings. The Morgan fingerprint density at radius 1 is 1.25 bits per heavy atom. The Bertz CT molecular complexity index is 846. The zero-order valence-electron chi connectivity index (χ0n) is 16.4. The molecule has 2 atom stereocenters. The normalized spacial score (nSPS) is 24.1. The summed E-state index contributed by atoms with van der Waals surface area (Å²) >= 11 is 6.40. The van der Waals surface area contributed by atoms with E-state index in [1.54, 1.807) is 18.6 Å². The predicted octanol–water partition coefficient (Wildman–Crippen LogP) is 2.20. The van der Waals surface area contributed by atoms with Gasteiger partial charge in [-0.25, -0.2) is 4.98 Å². The molecule has 2 aliphatic heterocycles. The van der Waals surface area contributed by atoms with Crippen molar-refractivity contribution in [2.75, 3.05) is 51.7 Å². The molecule has 2 aliphatic rings. The van der Waals surface area contributed by atoms with E-state index in [2.05, 4.69) is 33.9 Å². The summed E-state index contributed by atoms with van der Waals surface area (Å²) in [6.45, 7) is 4.24. The number of carbonyl (C=O) groups is 1. The van der Waals surface area contributed by atoms with E-state index >= 15 is 0 Å². The Morgan fingerprint density at radius 2 is 2.07 bits per heavy atom. The number of halogens is 1. The highest BCUT2D eigenvalue weighted by molar-refractivity contribution is 6.32. The van der Waals surface area contributed by atoms with E-state index in [4.69, 9.17) is 11.6 Å². The van der Waals surface area contributed by atoms with Crippen LogP contribution in [0.1, 0.15) is 5.56 Å². The van der Waals surface area contributed by atoms with Gasteiger partial charge >= 0.3 is 0 Å². The van der Waals surface area contributed by atoms with Crippen LogP contribution >= 0.6 is 11.6 Å². The molecule has 0 N–H and O–H groups in total. The highest BCUT2D eigenvalue weighted by Crippen LogP contribution is 2.45. The quantitative estimate of drug-likeness (QED) is 0.771. The van der Waals surface area contributed by atoms with Crippen molar-refractivity contribution in [3.8, 4) is 0 Å². The molecule has 1 amide bonds. The minimum absolute atomic E-state index is 0.0367. The molecular formula is C21H26ClN5O. The maximum atomic E-state index is 12.9. The molecule has 6 nitrogen and oxygen atoms in total. The monoisotopic (exact) mass is 399 g/mol. The van der Waals surface area contributed by atoms with Gasteiger partial charge in [-0.3, -0.25) is 9.78 Å². The standard InChI is InChI=1S/C21H26ClN5O/c1-25(2)13-21-14-26(19(28)9-16-5-3-7-23-10-16)11-17(21)12-27(15-21)20-18(22)6-4-8-24-20/h3-8,10,17H,9,11-15H2,1-2H3. The van der Waals surface area contributed by atoms with Gasteiger partial charge in [0, 0.05) is 62.6 Å². The molecule has 28 heavy (non-hydrogen) atoms. The summed E-state index contributed by atoms with van der Waals surface area (Å²) in [5.41, 5.74) is 1.00. The van der Waals surface area contributed by atoms with Crippen LogP contribution in [-0.2, 0) is 11.2 Å². The highest BCUT2D eigenvalue weighted by Gasteiger charge is 2.54. The van der Waals surface area contributed by atoms with Gasteiger partial charge in [0.1, 0.15) is 5.82 Å². The van der Waals surface area contributed by atoms with E-state index in [1.807, 2.05) is 29.2 Å². The van der Waals surface area contributed by atoms with Gasteiger partial charge in [0.15, 0.2) is 0 Å². The van der Waals surface area contributed by atoms with Crippen LogP contribution in [0.15, 0.2) is 42.9 Å². The van der Waals surface area contributed by atoms with Crippen molar-refractivity contribution in [2.24, 2.45) is 11.3 Å². The van der Waals surface area contributed by atoms with Crippen LogP contribution in [0.5, 0.6) is 0 Å². The summed E-state index contributed by atoms with van der Waals surface area (Å²) in [4.78, 5) is 28.1. The van der Waals surface area contributed by atoms with Crippen molar-refractivity contribution in [3.63, 3.8) is 0 Å². The number of hydrogen-bond acceptors (Lipinski definition) is 5. The second-order valence-electron chi connectivity index (χ2n) is 8.30. The van der Waals surface area contributed by atoms with Gasteiger partial charge in [0.25, 0.3) is 0 Å². The Kier molecular flexibility index (Phi) is 5.25. The fraction of sp³-hybridized carbons (Fsp3) is 0.476. The third-order valence-corrected chi connectivity index (χ3v) is 6.15. The Hall–Kier alpha value is -2.18. The summed E-state index contributed by atoms with van der Waals surface area (Å²) in [6.07, 6.45) is 5.71. The van der Waals surface area contributed by atoms with Gasteiger partial charge in [-0.15, -0.1) is 0 Å². The number of pyridine rings is 2. The van der Waals surface area contributed by atoms with Crippen LogP contribution in [-0.4, -0.2) is 72.5 Å². The highest BCUT2D eigenvalue weighted by atomic mass is 35.5. The minimum atomic E-state index is 0.0367. The maximum Gasteiger partial charge on any atom is 0.227 e.